The molecule has 5 heteroatoms. The number of likely N-dealkylation sites (N-methyl/N-ethyl adjacent to an activating group) is 1. The summed E-state index contributed by atoms with van der Waals surface area (Å²) in [5, 5.41) is 5.80. The minimum Gasteiger partial charge on any atom is -0.355 e. The molecule has 0 aromatic heterocycles. The highest BCUT2D eigenvalue weighted by molar-refractivity contribution is 5.81. The van der Waals surface area contributed by atoms with Crippen LogP contribution >= 0.6 is 0 Å². The Morgan fingerprint density at radius 1 is 1.10 bits per heavy atom. The lowest BCUT2D eigenvalue weighted by atomic mass is 9.89. The molecule has 0 aromatic carbocycles. The van der Waals surface area contributed by atoms with Crippen LogP contribution in [0.3, 0.4) is 0 Å². The molecule has 1 aliphatic carbocycles. The molecule has 0 aromatic rings. The predicted octanol–water partition coefficient (Wildman–Crippen LogP) is 1.14. The smallest absolute Gasteiger partial charge is 0.234 e. The molecule has 0 radical (unpaired) electrons. The Labute approximate surface area is 122 Å². The zero-order valence-corrected chi connectivity index (χ0v) is 13.1. The van der Waals surface area contributed by atoms with Gasteiger partial charge in [-0.1, -0.05) is 19.3 Å². The van der Waals surface area contributed by atoms with Crippen LogP contribution < -0.4 is 10.6 Å². The largest absolute Gasteiger partial charge is 0.355 e. The van der Waals surface area contributed by atoms with Gasteiger partial charge in [-0.2, -0.15) is 0 Å². The number of rotatable bonds is 7. The van der Waals surface area contributed by atoms with Crippen LogP contribution in [0.25, 0.3) is 0 Å². The van der Waals surface area contributed by atoms with Crippen molar-refractivity contribution in [2.75, 3.05) is 26.7 Å². The first-order valence-electron chi connectivity index (χ1n) is 7.72. The highest BCUT2D eigenvalue weighted by atomic mass is 16.2. The molecule has 1 aliphatic rings. The second-order valence-corrected chi connectivity index (χ2v) is 6.20. The van der Waals surface area contributed by atoms with Crippen molar-refractivity contribution in [1.29, 1.82) is 0 Å². The molecule has 0 spiro atoms. The molecule has 0 unspecified atom stereocenters. The number of hydrogen-bond donors (Lipinski definition) is 2. The first kappa shape index (κ1) is 17.0. The van der Waals surface area contributed by atoms with Crippen LogP contribution in [0.4, 0.5) is 0 Å². The fraction of sp³-hybridized carbons (Fsp3) is 0.867. The molecule has 2 amide bonds. The average Bonchev–Trinajstić information content (AvgIpc) is 2.36. The van der Waals surface area contributed by atoms with E-state index in [-0.39, 0.29) is 30.9 Å². The van der Waals surface area contributed by atoms with Crippen LogP contribution in [-0.2, 0) is 9.59 Å². The third-order valence-corrected chi connectivity index (χ3v) is 3.59. The highest BCUT2D eigenvalue weighted by Crippen LogP contribution is 2.22. The van der Waals surface area contributed by atoms with Gasteiger partial charge >= 0.3 is 0 Å². The predicted molar refractivity (Wildman–Crippen MR) is 80.4 cm³/mol. The van der Waals surface area contributed by atoms with Crippen LogP contribution in [-0.4, -0.2) is 49.4 Å². The van der Waals surface area contributed by atoms with Crippen molar-refractivity contribution in [1.82, 2.24) is 15.5 Å². The Hall–Kier alpha value is -1.10. The fourth-order valence-electron chi connectivity index (χ4n) is 2.62. The average molecular weight is 283 g/mol. The van der Waals surface area contributed by atoms with Gasteiger partial charge < -0.3 is 10.6 Å². The first-order valence-corrected chi connectivity index (χ1v) is 7.72. The third kappa shape index (κ3) is 7.48. The SMILES string of the molecule is CC(C)NC(=O)CN(C)CC(=O)NCC1CCCCC1. The summed E-state index contributed by atoms with van der Waals surface area (Å²) in [7, 11) is 1.79. The molecule has 20 heavy (non-hydrogen) atoms. The van der Waals surface area contributed by atoms with E-state index in [1.54, 1.807) is 11.9 Å². The molecular weight excluding hydrogens is 254 g/mol. The monoisotopic (exact) mass is 283 g/mol. The lowest BCUT2D eigenvalue weighted by Crippen LogP contribution is -2.43. The van der Waals surface area contributed by atoms with Crippen LogP contribution in [0.2, 0.25) is 0 Å². The Morgan fingerprint density at radius 3 is 2.30 bits per heavy atom. The molecule has 0 saturated heterocycles. The maximum Gasteiger partial charge on any atom is 0.234 e. The number of nitrogens with zero attached hydrogens (tertiary/aromatic N) is 1. The maximum atomic E-state index is 11.8. The second-order valence-electron chi connectivity index (χ2n) is 6.20. The zero-order chi connectivity index (χ0) is 15.0. The zero-order valence-electron chi connectivity index (χ0n) is 13.1. The Bertz CT molecular complexity index is 312. The highest BCUT2D eigenvalue weighted by Gasteiger charge is 2.15. The van der Waals surface area contributed by atoms with Gasteiger partial charge in [0.2, 0.25) is 11.8 Å². The van der Waals surface area contributed by atoms with Crippen molar-refractivity contribution in [2.45, 2.75) is 52.0 Å². The summed E-state index contributed by atoms with van der Waals surface area (Å²) in [5.41, 5.74) is 0. The van der Waals surface area contributed by atoms with Crippen molar-refractivity contribution < 1.29 is 9.59 Å². The molecule has 0 bridgehead atoms. The molecular formula is C15H29N3O2. The summed E-state index contributed by atoms with van der Waals surface area (Å²) < 4.78 is 0. The van der Waals surface area contributed by atoms with Crippen molar-refractivity contribution in [3.8, 4) is 0 Å². The van der Waals surface area contributed by atoms with Crippen molar-refractivity contribution in [2.24, 2.45) is 5.92 Å². The van der Waals surface area contributed by atoms with Gasteiger partial charge in [0.1, 0.15) is 0 Å². The summed E-state index contributed by atoms with van der Waals surface area (Å²) in [6.07, 6.45) is 6.36. The van der Waals surface area contributed by atoms with Gasteiger partial charge in [-0.25, -0.2) is 0 Å². The summed E-state index contributed by atoms with van der Waals surface area (Å²) in [6.45, 7) is 5.17. The quantitative estimate of drug-likeness (QED) is 0.736. The van der Waals surface area contributed by atoms with E-state index in [0.29, 0.717) is 5.92 Å². The van der Waals surface area contributed by atoms with Gasteiger partial charge in [0.05, 0.1) is 13.1 Å². The third-order valence-electron chi connectivity index (χ3n) is 3.59. The maximum absolute atomic E-state index is 11.8. The number of nitrogens with one attached hydrogen (secondary N) is 2. The lowest BCUT2D eigenvalue weighted by Gasteiger charge is -2.22. The van der Waals surface area contributed by atoms with E-state index in [4.69, 9.17) is 0 Å². The van der Waals surface area contributed by atoms with Crippen LogP contribution in [0.15, 0.2) is 0 Å². The topological polar surface area (TPSA) is 61.4 Å². The number of amides is 2. The van der Waals surface area contributed by atoms with Gasteiger partial charge in [0.25, 0.3) is 0 Å². The second kappa shape index (κ2) is 8.95. The van der Waals surface area contributed by atoms with E-state index in [9.17, 15) is 9.59 Å². The molecule has 5 nitrogen and oxygen atoms in total. The molecule has 0 atom stereocenters. The molecule has 116 valence electrons. The van der Waals surface area contributed by atoms with E-state index in [2.05, 4.69) is 10.6 Å². The Kier molecular flexibility index (Phi) is 7.59. The van der Waals surface area contributed by atoms with E-state index < -0.39 is 0 Å². The van der Waals surface area contributed by atoms with Crippen LogP contribution in [0.1, 0.15) is 46.0 Å². The standard InChI is InChI=1S/C15H29N3O2/c1-12(2)17-15(20)11-18(3)10-14(19)16-9-13-7-5-4-6-8-13/h12-13H,4-11H2,1-3H3,(H,16,19)(H,17,20). The summed E-state index contributed by atoms with van der Waals surface area (Å²) in [4.78, 5) is 25.1. The van der Waals surface area contributed by atoms with Gasteiger partial charge in [0, 0.05) is 12.6 Å². The summed E-state index contributed by atoms with van der Waals surface area (Å²) in [6, 6.07) is 0.135. The number of carbonyl (C=O) groups excluding carboxylic acids is 2. The first-order chi connectivity index (χ1) is 9.47. The van der Waals surface area contributed by atoms with Gasteiger partial charge in [-0.3, -0.25) is 14.5 Å². The van der Waals surface area contributed by atoms with E-state index in [1.807, 2.05) is 13.8 Å². The minimum absolute atomic E-state index is 0.00965. The Balaban J connectivity index is 2.15. The van der Waals surface area contributed by atoms with Crippen molar-refractivity contribution in [3.05, 3.63) is 0 Å². The van der Waals surface area contributed by atoms with E-state index >= 15 is 0 Å². The lowest BCUT2D eigenvalue weighted by molar-refractivity contribution is -0.124. The molecule has 1 rings (SSSR count). The summed E-state index contributed by atoms with van der Waals surface area (Å²) >= 11 is 0. The Morgan fingerprint density at radius 2 is 1.70 bits per heavy atom. The van der Waals surface area contributed by atoms with Gasteiger partial charge in [0.15, 0.2) is 0 Å². The van der Waals surface area contributed by atoms with E-state index in [1.165, 1.54) is 32.1 Å². The van der Waals surface area contributed by atoms with E-state index in [0.717, 1.165) is 6.54 Å². The van der Waals surface area contributed by atoms with Crippen molar-refractivity contribution in [3.63, 3.8) is 0 Å². The van der Waals surface area contributed by atoms with Gasteiger partial charge in [-0.15, -0.1) is 0 Å². The number of carbonyl (C=O) groups is 2. The molecule has 2 N–H and O–H groups in total. The van der Waals surface area contributed by atoms with Crippen LogP contribution in [0.5, 0.6) is 0 Å². The molecule has 0 aliphatic heterocycles. The molecule has 1 fully saturated rings. The van der Waals surface area contributed by atoms with Gasteiger partial charge in [-0.05, 0) is 39.7 Å². The molecule has 0 heterocycles. The normalized spacial score (nSPS) is 16.4. The molecule has 1 saturated carbocycles. The summed E-state index contributed by atoms with van der Waals surface area (Å²) in [5.74, 6) is 0.611. The number of hydrogen-bond acceptors (Lipinski definition) is 3. The fourth-order valence-corrected chi connectivity index (χ4v) is 2.62. The minimum atomic E-state index is -0.0393. The van der Waals surface area contributed by atoms with Crippen LogP contribution in [0, 0.1) is 5.92 Å². The van der Waals surface area contributed by atoms with Crippen molar-refractivity contribution >= 4 is 11.8 Å².